The smallest absolute Gasteiger partial charge is 0.340 e. The number of nitrogens with zero attached hydrogens (tertiary/aromatic N) is 1. The van der Waals surface area contributed by atoms with Gasteiger partial charge in [-0.2, -0.15) is 0 Å². The van der Waals surface area contributed by atoms with Crippen molar-refractivity contribution in [1.29, 1.82) is 0 Å². The lowest BCUT2D eigenvalue weighted by Gasteiger charge is -2.30. The molecule has 2 rings (SSSR count). The van der Waals surface area contributed by atoms with Crippen molar-refractivity contribution in [2.45, 2.75) is 37.8 Å². The van der Waals surface area contributed by atoms with Crippen LogP contribution in [0.5, 0.6) is 0 Å². The molecule has 0 unspecified atom stereocenters. The van der Waals surface area contributed by atoms with E-state index in [-0.39, 0.29) is 29.0 Å². The number of methoxy groups -OCH3 is 1. The van der Waals surface area contributed by atoms with Crippen molar-refractivity contribution in [1.82, 2.24) is 0 Å². The van der Waals surface area contributed by atoms with Gasteiger partial charge in [0.2, 0.25) is 0 Å². The molecule has 0 aliphatic heterocycles. The Morgan fingerprint density at radius 2 is 2.14 bits per heavy atom. The van der Waals surface area contributed by atoms with Crippen LogP contribution in [0.2, 0.25) is 0 Å². The summed E-state index contributed by atoms with van der Waals surface area (Å²) < 4.78 is 5.17. The van der Waals surface area contributed by atoms with E-state index in [1.54, 1.807) is 0 Å². The molecule has 0 spiro atoms. The maximum atomic E-state index is 11.9. The van der Waals surface area contributed by atoms with Gasteiger partial charge in [-0.25, -0.2) is 4.79 Å². The molecule has 7 nitrogen and oxygen atoms in total. The summed E-state index contributed by atoms with van der Waals surface area (Å²) in [7, 11) is 1.24. The largest absolute Gasteiger partial charge is 0.465 e. The Balaban J connectivity index is 2.45. The number of nitro benzene ring substituents is 1. The molecule has 1 fully saturated rings. The molecule has 0 bridgehead atoms. The van der Waals surface area contributed by atoms with E-state index in [0.717, 1.165) is 25.7 Å². The van der Waals surface area contributed by atoms with Crippen LogP contribution in [0.1, 0.15) is 36.0 Å². The average molecular weight is 372 g/mol. The van der Waals surface area contributed by atoms with Crippen molar-refractivity contribution < 1.29 is 14.5 Å². The summed E-state index contributed by atoms with van der Waals surface area (Å²) in [5.41, 5.74) is 6.21. The first-order valence-electron chi connectivity index (χ1n) is 7.02. The Hall–Kier alpha value is -1.67. The first-order chi connectivity index (χ1) is 10.4. The zero-order chi connectivity index (χ0) is 16.3. The van der Waals surface area contributed by atoms with E-state index in [4.69, 9.17) is 10.5 Å². The minimum Gasteiger partial charge on any atom is -0.465 e. The standard InChI is InChI=1S/C14H18BrN3O4/c1-22-14(19)9-6-8(15)7-12(18(20)21)13(9)17-11-5-3-2-4-10(11)16/h6-7,10-11,17H,2-5,16H2,1H3/t10-,11+/m0/s1. The van der Waals surface area contributed by atoms with Crippen LogP contribution >= 0.6 is 15.9 Å². The summed E-state index contributed by atoms with van der Waals surface area (Å²) in [5, 5.41) is 14.4. The first-order valence-corrected chi connectivity index (χ1v) is 7.81. The number of hydrogen-bond donors (Lipinski definition) is 2. The summed E-state index contributed by atoms with van der Waals surface area (Å²) in [6, 6.07) is 2.68. The van der Waals surface area contributed by atoms with E-state index in [1.165, 1.54) is 19.2 Å². The number of nitro groups is 1. The zero-order valence-corrected chi connectivity index (χ0v) is 13.8. The van der Waals surface area contributed by atoms with E-state index in [1.807, 2.05) is 0 Å². The predicted octanol–water partition coefficient (Wildman–Crippen LogP) is 2.83. The molecule has 0 saturated heterocycles. The topological polar surface area (TPSA) is 107 Å². The molecule has 22 heavy (non-hydrogen) atoms. The second-order valence-electron chi connectivity index (χ2n) is 5.30. The number of hydrogen-bond acceptors (Lipinski definition) is 6. The van der Waals surface area contributed by atoms with E-state index >= 15 is 0 Å². The van der Waals surface area contributed by atoms with Gasteiger partial charge in [-0.1, -0.05) is 28.8 Å². The normalized spacial score (nSPS) is 21.2. The van der Waals surface area contributed by atoms with Crippen LogP contribution in [0.25, 0.3) is 0 Å². The number of halogens is 1. The molecule has 1 aromatic rings. The highest BCUT2D eigenvalue weighted by molar-refractivity contribution is 9.10. The summed E-state index contributed by atoms with van der Waals surface area (Å²) in [6.07, 6.45) is 3.72. The van der Waals surface area contributed by atoms with Gasteiger partial charge in [0, 0.05) is 22.6 Å². The molecule has 1 aliphatic carbocycles. The highest BCUT2D eigenvalue weighted by atomic mass is 79.9. The third-order valence-electron chi connectivity index (χ3n) is 3.83. The lowest BCUT2D eigenvalue weighted by atomic mass is 9.90. The van der Waals surface area contributed by atoms with Crippen molar-refractivity contribution >= 4 is 33.3 Å². The number of nitrogens with one attached hydrogen (secondary N) is 1. The number of rotatable bonds is 4. The molecule has 1 saturated carbocycles. The predicted molar refractivity (Wildman–Crippen MR) is 86.0 cm³/mol. The SMILES string of the molecule is COC(=O)c1cc(Br)cc([N+](=O)[O-])c1N[C@@H]1CCCC[C@@H]1N. The number of esters is 1. The number of anilines is 1. The first kappa shape index (κ1) is 16.7. The molecular weight excluding hydrogens is 354 g/mol. The summed E-state index contributed by atoms with van der Waals surface area (Å²) in [4.78, 5) is 22.7. The fourth-order valence-corrected chi connectivity index (χ4v) is 3.13. The van der Waals surface area contributed by atoms with Crippen LogP contribution in [0.3, 0.4) is 0 Å². The molecule has 1 aliphatic rings. The molecule has 2 atom stereocenters. The van der Waals surface area contributed by atoms with Gasteiger partial charge in [0.25, 0.3) is 5.69 Å². The Bertz CT molecular complexity index is 594. The quantitative estimate of drug-likeness (QED) is 0.478. The number of ether oxygens (including phenoxy) is 1. The highest BCUT2D eigenvalue weighted by Gasteiger charge is 2.29. The third-order valence-corrected chi connectivity index (χ3v) is 4.29. The minimum absolute atomic E-state index is 0.0949. The summed E-state index contributed by atoms with van der Waals surface area (Å²) in [5.74, 6) is -0.628. The zero-order valence-electron chi connectivity index (χ0n) is 12.2. The van der Waals surface area contributed by atoms with E-state index in [9.17, 15) is 14.9 Å². The van der Waals surface area contributed by atoms with E-state index < -0.39 is 10.9 Å². The lowest BCUT2D eigenvalue weighted by molar-refractivity contribution is -0.384. The Morgan fingerprint density at radius 3 is 2.73 bits per heavy atom. The molecule has 0 aromatic heterocycles. The van der Waals surface area contributed by atoms with Crippen LogP contribution in [0, 0.1) is 10.1 Å². The second-order valence-corrected chi connectivity index (χ2v) is 6.21. The number of benzene rings is 1. The molecular formula is C14H18BrN3O4. The summed E-state index contributed by atoms with van der Waals surface area (Å²) >= 11 is 3.19. The van der Waals surface area contributed by atoms with Crippen LogP contribution in [-0.2, 0) is 4.74 Å². The van der Waals surface area contributed by atoms with Crippen molar-refractivity contribution in [3.8, 4) is 0 Å². The minimum atomic E-state index is -0.628. The Morgan fingerprint density at radius 1 is 1.45 bits per heavy atom. The maximum Gasteiger partial charge on any atom is 0.340 e. The molecule has 3 N–H and O–H groups in total. The summed E-state index contributed by atoms with van der Waals surface area (Å²) in [6.45, 7) is 0. The average Bonchev–Trinajstić information content (AvgIpc) is 2.49. The van der Waals surface area contributed by atoms with Crippen LogP contribution in [0.15, 0.2) is 16.6 Å². The molecule has 0 amide bonds. The molecule has 120 valence electrons. The van der Waals surface area contributed by atoms with Gasteiger partial charge in [-0.15, -0.1) is 0 Å². The lowest BCUT2D eigenvalue weighted by Crippen LogP contribution is -2.43. The van der Waals surface area contributed by atoms with Crippen LogP contribution < -0.4 is 11.1 Å². The maximum absolute atomic E-state index is 11.9. The monoisotopic (exact) mass is 371 g/mol. The molecule has 1 aromatic carbocycles. The van der Waals surface area contributed by atoms with E-state index in [2.05, 4.69) is 21.2 Å². The van der Waals surface area contributed by atoms with Gasteiger partial charge in [0.15, 0.2) is 0 Å². The van der Waals surface area contributed by atoms with Gasteiger partial charge >= 0.3 is 5.97 Å². The van der Waals surface area contributed by atoms with Crippen molar-refractivity contribution in [3.63, 3.8) is 0 Å². The van der Waals surface area contributed by atoms with Gasteiger partial charge < -0.3 is 15.8 Å². The molecule has 0 heterocycles. The molecule has 0 radical (unpaired) electrons. The fourth-order valence-electron chi connectivity index (χ4n) is 2.68. The Kier molecular flexibility index (Phi) is 5.36. The van der Waals surface area contributed by atoms with Gasteiger partial charge in [0.1, 0.15) is 5.69 Å². The fraction of sp³-hybridized carbons (Fsp3) is 0.500. The Labute approximate surface area is 136 Å². The molecule has 8 heteroatoms. The third kappa shape index (κ3) is 3.56. The van der Waals surface area contributed by atoms with Crippen molar-refractivity contribution in [2.24, 2.45) is 5.73 Å². The highest BCUT2D eigenvalue weighted by Crippen LogP contribution is 2.35. The van der Waals surface area contributed by atoms with Crippen LogP contribution in [-0.4, -0.2) is 30.1 Å². The van der Waals surface area contributed by atoms with Crippen LogP contribution in [0.4, 0.5) is 11.4 Å². The van der Waals surface area contributed by atoms with Gasteiger partial charge in [-0.05, 0) is 18.9 Å². The van der Waals surface area contributed by atoms with Gasteiger partial charge in [0.05, 0.1) is 17.6 Å². The number of carbonyl (C=O) groups is 1. The van der Waals surface area contributed by atoms with Crippen molar-refractivity contribution in [3.05, 3.63) is 32.3 Å². The van der Waals surface area contributed by atoms with Gasteiger partial charge in [-0.3, -0.25) is 10.1 Å². The van der Waals surface area contributed by atoms with Crippen molar-refractivity contribution in [2.75, 3.05) is 12.4 Å². The number of nitrogens with two attached hydrogens (primary N) is 1. The second kappa shape index (κ2) is 7.06. The van der Waals surface area contributed by atoms with E-state index in [0.29, 0.717) is 4.47 Å². The number of carbonyl (C=O) groups excluding carboxylic acids is 1.